The van der Waals surface area contributed by atoms with Gasteiger partial charge in [-0.25, -0.2) is 0 Å². The average Bonchev–Trinajstić information content (AvgIpc) is 3.00. The summed E-state index contributed by atoms with van der Waals surface area (Å²) >= 11 is 0. The number of amides is 3. The summed E-state index contributed by atoms with van der Waals surface area (Å²) in [5.74, 6) is -0.945. The lowest BCUT2D eigenvalue weighted by Gasteiger charge is -2.33. The van der Waals surface area contributed by atoms with Crippen molar-refractivity contribution in [3.63, 3.8) is 0 Å². The molecule has 1 unspecified atom stereocenters. The third-order valence-corrected chi connectivity index (χ3v) is 5.13. The zero-order valence-electron chi connectivity index (χ0n) is 14.9. The van der Waals surface area contributed by atoms with Gasteiger partial charge < -0.3 is 10.2 Å². The summed E-state index contributed by atoms with van der Waals surface area (Å²) in [6, 6.07) is 15.1. The molecule has 1 saturated heterocycles. The summed E-state index contributed by atoms with van der Waals surface area (Å²) in [5, 5.41) is 5.78. The van der Waals surface area contributed by atoms with Crippen LogP contribution in [0.3, 0.4) is 0 Å². The summed E-state index contributed by atoms with van der Waals surface area (Å²) < 4.78 is 0. The molecule has 2 aliphatic rings. The van der Waals surface area contributed by atoms with Crippen LogP contribution in [0.2, 0.25) is 0 Å². The van der Waals surface area contributed by atoms with Crippen LogP contribution in [0.1, 0.15) is 49.5 Å². The highest BCUT2D eigenvalue weighted by Crippen LogP contribution is 2.20. The molecule has 6 nitrogen and oxygen atoms in total. The van der Waals surface area contributed by atoms with Gasteiger partial charge in [0.05, 0.1) is 11.1 Å². The number of likely N-dealkylation sites (tertiary alicyclic amines) is 1. The van der Waals surface area contributed by atoms with Crippen molar-refractivity contribution >= 4 is 17.7 Å². The molecule has 6 heteroatoms. The summed E-state index contributed by atoms with van der Waals surface area (Å²) in [5.41, 5.74) is 2.27. The Morgan fingerprint density at radius 2 is 1.85 bits per heavy atom. The minimum absolute atomic E-state index is 0.101. The maximum atomic E-state index is 12.9. The average molecular weight is 363 g/mol. The highest BCUT2D eigenvalue weighted by atomic mass is 16.2. The molecule has 138 valence electrons. The molecule has 0 saturated carbocycles. The van der Waals surface area contributed by atoms with E-state index in [1.54, 1.807) is 12.1 Å². The van der Waals surface area contributed by atoms with Crippen LogP contribution in [0.5, 0.6) is 0 Å². The molecule has 0 radical (unpaired) electrons. The van der Waals surface area contributed by atoms with E-state index in [0.29, 0.717) is 24.2 Å². The monoisotopic (exact) mass is 363 g/mol. The predicted molar refractivity (Wildman–Crippen MR) is 100 cm³/mol. The Kier molecular flexibility index (Phi) is 4.73. The van der Waals surface area contributed by atoms with Gasteiger partial charge in [0, 0.05) is 31.2 Å². The second kappa shape index (κ2) is 7.32. The molecule has 2 aliphatic heterocycles. The number of carbonyl (C=O) groups excluding carboxylic acids is 3. The van der Waals surface area contributed by atoms with Crippen LogP contribution >= 0.6 is 0 Å². The Morgan fingerprint density at radius 3 is 2.67 bits per heavy atom. The number of rotatable bonds is 4. The lowest BCUT2D eigenvalue weighted by Crippen LogP contribution is -2.47. The van der Waals surface area contributed by atoms with E-state index in [-0.39, 0.29) is 17.5 Å². The van der Waals surface area contributed by atoms with Gasteiger partial charge in [-0.3, -0.25) is 19.7 Å². The van der Waals surface area contributed by atoms with Gasteiger partial charge in [-0.15, -0.1) is 0 Å². The normalized spacial score (nSPS) is 19.0. The number of hydrogen-bond acceptors (Lipinski definition) is 4. The standard InChI is InChI=1S/C21H21N3O3/c25-19-17-9-8-15(11-18(17)20(26)23-19)21(27)24-10-4-7-16(13-24)22-12-14-5-2-1-3-6-14/h1-3,5-6,8-9,11,16,22H,4,7,10,12-13H2,(H,23,25,26). The van der Waals surface area contributed by atoms with E-state index >= 15 is 0 Å². The quantitative estimate of drug-likeness (QED) is 0.814. The van der Waals surface area contributed by atoms with E-state index in [0.717, 1.165) is 19.4 Å². The first-order chi connectivity index (χ1) is 13.1. The summed E-state index contributed by atoms with van der Waals surface area (Å²) in [6.45, 7) is 2.10. The number of carbonyl (C=O) groups is 3. The van der Waals surface area contributed by atoms with Gasteiger partial charge >= 0.3 is 0 Å². The van der Waals surface area contributed by atoms with Gasteiger partial charge in [-0.1, -0.05) is 30.3 Å². The molecule has 4 rings (SSSR count). The van der Waals surface area contributed by atoms with Gasteiger partial charge in [-0.2, -0.15) is 0 Å². The zero-order chi connectivity index (χ0) is 18.8. The molecule has 1 atom stereocenters. The molecule has 2 aromatic carbocycles. The molecule has 0 spiro atoms. The minimum Gasteiger partial charge on any atom is -0.337 e. The summed E-state index contributed by atoms with van der Waals surface area (Å²) in [7, 11) is 0. The fourth-order valence-corrected chi connectivity index (χ4v) is 3.67. The zero-order valence-corrected chi connectivity index (χ0v) is 14.9. The van der Waals surface area contributed by atoms with Gasteiger partial charge in [0.25, 0.3) is 17.7 Å². The van der Waals surface area contributed by atoms with Crippen LogP contribution in [0.4, 0.5) is 0 Å². The van der Waals surface area contributed by atoms with Crippen molar-refractivity contribution in [2.45, 2.75) is 25.4 Å². The van der Waals surface area contributed by atoms with E-state index in [2.05, 4.69) is 22.8 Å². The molecule has 0 bridgehead atoms. The van der Waals surface area contributed by atoms with Crippen molar-refractivity contribution in [3.05, 3.63) is 70.8 Å². The van der Waals surface area contributed by atoms with Crippen molar-refractivity contribution in [3.8, 4) is 0 Å². The van der Waals surface area contributed by atoms with Crippen LogP contribution in [-0.2, 0) is 6.54 Å². The third kappa shape index (κ3) is 3.61. The summed E-state index contributed by atoms with van der Waals surface area (Å²) in [6.07, 6.45) is 1.96. The SMILES string of the molecule is O=C1NC(=O)c2cc(C(=O)N3CCCC(NCc4ccccc4)C3)ccc21. The van der Waals surface area contributed by atoms with Crippen molar-refractivity contribution < 1.29 is 14.4 Å². The second-order valence-electron chi connectivity index (χ2n) is 7.00. The smallest absolute Gasteiger partial charge is 0.258 e. The van der Waals surface area contributed by atoms with Gasteiger partial charge in [0.15, 0.2) is 0 Å². The van der Waals surface area contributed by atoms with Gasteiger partial charge in [0.1, 0.15) is 0 Å². The maximum absolute atomic E-state index is 12.9. The summed E-state index contributed by atoms with van der Waals surface area (Å²) in [4.78, 5) is 38.2. The minimum atomic E-state index is -0.439. The van der Waals surface area contributed by atoms with Crippen molar-refractivity contribution in [2.75, 3.05) is 13.1 Å². The molecule has 2 N–H and O–H groups in total. The van der Waals surface area contributed by atoms with Crippen molar-refractivity contribution in [1.82, 2.24) is 15.5 Å². The van der Waals surface area contributed by atoms with E-state index < -0.39 is 11.8 Å². The number of hydrogen-bond donors (Lipinski definition) is 2. The fourth-order valence-electron chi connectivity index (χ4n) is 3.67. The molecule has 1 fully saturated rings. The number of nitrogens with zero attached hydrogens (tertiary/aromatic N) is 1. The molecule has 27 heavy (non-hydrogen) atoms. The molecular weight excluding hydrogens is 342 g/mol. The van der Waals surface area contributed by atoms with Crippen LogP contribution in [-0.4, -0.2) is 41.8 Å². The number of imide groups is 1. The third-order valence-electron chi connectivity index (χ3n) is 5.13. The second-order valence-corrected chi connectivity index (χ2v) is 7.00. The number of nitrogens with one attached hydrogen (secondary N) is 2. The van der Waals surface area contributed by atoms with E-state index in [1.165, 1.54) is 11.6 Å². The maximum Gasteiger partial charge on any atom is 0.258 e. The molecule has 2 aromatic rings. The van der Waals surface area contributed by atoms with Crippen LogP contribution in [0, 0.1) is 0 Å². The van der Waals surface area contributed by atoms with Crippen molar-refractivity contribution in [2.24, 2.45) is 0 Å². The highest BCUT2D eigenvalue weighted by Gasteiger charge is 2.29. The Bertz CT molecular complexity index is 895. The first-order valence-corrected chi connectivity index (χ1v) is 9.18. The van der Waals surface area contributed by atoms with E-state index in [4.69, 9.17) is 0 Å². The molecule has 3 amide bonds. The largest absolute Gasteiger partial charge is 0.337 e. The Morgan fingerprint density at radius 1 is 1.07 bits per heavy atom. The van der Waals surface area contributed by atoms with Crippen LogP contribution in [0.15, 0.2) is 48.5 Å². The van der Waals surface area contributed by atoms with Crippen LogP contribution in [0.25, 0.3) is 0 Å². The Hall–Kier alpha value is -2.99. The topological polar surface area (TPSA) is 78.5 Å². The molecule has 2 heterocycles. The number of fused-ring (bicyclic) bond motifs is 1. The van der Waals surface area contributed by atoms with E-state index in [9.17, 15) is 14.4 Å². The lowest BCUT2D eigenvalue weighted by atomic mass is 10.0. The predicted octanol–water partition coefficient (Wildman–Crippen LogP) is 1.96. The Balaban J connectivity index is 1.42. The Labute approximate surface area is 157 Å². The molecule has 0 aliphatic carbocycles. The first-order valence-electron chi connectivity index (χ1n) is 9.18. The molecule has 0 aromatic heterocycles. The number of benzene rings is 2. The fraction of sp³-hybridized carbons (Fsp3) is 0.286. The molecular formula is C21H21N3O3. The lowest BCUT2D eigenvalue weighted by molar-refractivity contribution is 0.0694. The van der Waals surface area contributed by atoms with Crippen LogP contribution < -0.4 is 10.6 Å². The first kappa shape index (κ1) is 17.4. The van der Waals surface area contributed by atoms with Gasteiger partial charge in [0.2, 0.25) is 0 Å². The van der Waals surface area contributed by atoms with Crippen molar-refractivity contribution in [1.29, 1.82) is 0 Å². The van der Waals surface area contributed by atoms with Gasteiger partial charge in [-0.05, 0) is 36.6 Å². The van der Waals surface area contributed by atoms with E-state index in [1.807, 2.05) is 23.1 Å². The highest BCUT2D eigenvalue weighted by molar-refractivity contribution is 6.22. The number of piperidine rings is 1.